The second-order valence-electron chi connectivity index (χ2n) is 4.35. The third-order valence-corrected chi connectivity index (χ3v) is 2.27. The van der Waals surface area contributed by atoms with Gasteiger partial charge in [-0.2, -0.15) is 0 Å². The van der Waals surface area contributed by atoms with E-state index in [-0.39, 0.29) is 12.8 Å². The van der Waals surface area contributed by atoms with E-state index < -0.39 is 54.3 Å². The summed E-state index contributed by atoms with van der Waals surface area (Å²) in [5.74, 6) is -7.22. The SMILES string of the molecule is NC(CCC(=O)O)C(=O)O.O=C(O)CC(O)(CC(=O)O)C(=O)O. The maximum absolute atomic E-state index is 10.3. The van der Waals surface area contributed by atoms with Crippen molar-refractivity contribution in [1.82, 2.24) is 0 Å². The molecule has 0 heterocycles. The Morgan fingerprint density at radius 2 is 1.22 bits per heavy atom. The Morgan fingerprint density at radius 1 is 0.826 bits per heavy atom. The lowest BCUT2D eigenvalue weighted by Crippen LogP contribution is -2.42. The molecule has 0 amide bonds. The highest BCUT2D eigenvalue weighted by molar-refractivity contribution is 5.88. The maximum Gasteiger partial charge on any atom is 0.336 e. The molecule has 12 heteroatoms. The zero-order valence-corrected chi connectivity index (χ0v) is 11.7. The van der Waals surface area contributed by atoms with E-state index in [9.17, 15) is 24.0 Å². The van der Waals surface area contributed by atoms with Crippen molar-refractivity contribution in [2.75, 3.05) is 0 Å². The summed E-state index contributed by atoms with van der Waals surface area (Å²) in [5, 5.41) is 50.1. The van der Waals surface area contributed by atoms with Gasteiger partial charge in [0.2, 0.25) is 0 Å². The van der Waals surface area contributed by atoms with Crippen LogP contribution in [0.25, 0.3) is 0 Å². The van der Waals surface area contributed by atoms with Crippen LogP contribution in [0.2, 0.25) is 0 Å². The molecule has 0 aliphatic carbocycles. The van der Waals surface area contributed by atoms with Crippen LogP contribution in [0.1, 0.15) is 25.7 Å². The molecule has 0 aromatic carbocycles. The van der Waals surface area contributed by atoms with Crippen molar-refractivity contribution in [2.24, 2.45) is 5.73 Å². The third-order valence-electron chi connectivity index (χ3n) is 2.27. The largest absolute Gasteiger partial charge is 0.481 e. The summed E-state index contributed by atoms with van der Waals surface area (Å²) >= 11 is 0. The van der Waals surface area contributed by atoms with Crippen LogP contribution in [0.3, 0.4) is 0 Å². The Morgan fingerprint density at radius 3 is 1.43 bits per heavy atom. The summed E-state index contributed by atoms with van der Waals surface area (Å²) in [6, 6.07) is -1.06. The summed E-state index contributed by atoms with van der Waals surface area (Å²) in [6.07, 6.45) is -2.51. The van der Waals surface area contributed by atoms with Gasteiger partial charge in [0, 0.05) is 6.42 Å². The molecule has 12 nitrogen and oxygen atoms in total. The van der Waals surface area contributed by atoms with Crippen LogP contribution in [-0.4, -0.2) is 72.1 Å². The van der Waals surface area contributed by atoms with Gasteiger partial charge in [0.1, 0.15) is 6.04 Å². The van der Waals surface area contributed by atoms with Crippen LogP contribution in [0, 0.1) is 0 Å². The number of carboxylic acids is 5. The average molecular weight is 339 g/mol. The molecule has 23 heavy (non-hydrogen) atoms. The number of carboxylic acid groups (broad SMARTS) is 5. The van der Waals surface area contributed by atoms with E-state index in [2.05, 4.69) is 0 Å². The molecule has 0 aromatic heterocycles. The number of carbonyl (C=O) groups is 5. The first kappa shape index (κ1) is 22.5. The highest BCUT2D eigenvalue weighted by Crippen LogP contribution is 2.15. The molecule has 0 radical (unpaired) electrons. The summed E-state index contributed by atoms with van der Waals surface area (Å²) in [7, 11) is 0. The fourth-order valence-corrected chi connectivity index (χ4v) is 1.12. The van der Waals surface area contributed by atoms with E-state index in [1.807, 2.05) is 0 Å². The van der Waals surface area contributed by atoms with E-state index in [0.717, 1.165) is 0 Å². The molecule has 0 saturated heterocycles. The molecule has 0 spiro atoms. The maximum atomic E-state index is 10.3. The van der Waals surface area contributed by atoms with Crippen molar-refractivity contribution in [3.05, 3.63) is 0 Å². The lowest BCUT2D eigenvalue weighted by Gasteiger charge is -2.18. The van der Waals surface area contributed by atoms with Crippen LogP contribution in [-0.2, 0) is 24.0 Å². The zero-order valence-electron chi connectivity index (χ0n) is 11.7. The number of hydrogen-bond acceptors (Lipinski definition) is 7. The number of aliphatic hydroxyl groups is 1. The van der Waals surface area contributed by atoms with Gasteiger partial charge in [0.05, 0.1) is 12.8 Å². The summed E-state index contributed by atoms with van der Waals surface area (Å²) in [6.45, 7) is 0. The van der Waals surface area contributed by atoms with Crippen LogP contribution in [0.15, 0.2) is 0 Å². The predicted octanol–water partition coefficient (Wildman–Crippen LogP) is -1.99. The quantitative estimate of drug-likeness (QED) is 0.242. The molecule has 0 aromatic rings. The van der Waals surface area contributed by atoms with Gasteiger partial charge >= 0.3 is 29.8 Å². The number of nitrogens with two attached hydrogens (primary N) is 1. The Labute approximate surface area is 128 Å². The Balaban J connectivity index is 0. The Kier molecular flexibility index (Phi) is 9.88. The lowest BCUT2D eigenvalue weighted by atomic mass is 9.96. The third kappa shape index (κ3) is 11.6. The molecule has 0 saturated carbocycles. The van der Waals surface area contributed by atoms with Gasteiger partial charge in [-0.3, -0.25) is 19.2 Å². The minimum absolute atomic E-state index is 0.0231. The standard InChI is InChI=1S/C6H8O7.C5H9NO4/c7-3(8)1-6(13,5(11)12)2-4(9)10;6-3(5(9)10)1-2-4(7)8/h13H,1-2H2,(H,7,8)(H,9,10)(H,11,12);3H,1-2,6H2,(H,7,8)(H,9,10). The Bertz CT molecular complexity index is 457. The minimum atomic E-state index is -2.74. The topological polar surface area (TPSA) is 233 Å². The number of rotatable bonds is 9. The number of hydrogen-bond donors (Lipinski definition) is 7. The molecular formula is C11H17NO11. The molecule has 0 bridgehead atoms. The van der Waals surface area contributed by atoms with E-state index in [1.165, 1.54) is 0 Å². The summed E-state index contributed by atoms with van der Waals surface area (Å²) in [4.78, 5) is 50.4. The van der Waals surface area contributed by atoms with Crippen molar-refractivity contribution < 1.29 is 54.6 Å². The van der Waals surface area contributed by atoms with Crippen molar-refractivity contribution in [1.29, 1.82) is 0 Å². The minimum Gasteiger partial charge on any atom is -0.481 e. The smallest absolute Gasteiger partial charge is 0.336 e. The normalized spacial score (nSPS) is 11.6. The molecule has 0 aliphatic heterocycles. The summed E-state index contributed by atoms with van der Waals surface area (Å²) in [5.41, 5.74) is 2.26. The van der Waals surface area contributed by atoms with Crippen LogP contribution in [0.5, 0.6) is 0 Å². The number of aliphatic carboxylic acids is 5. The molecule has 132 valence electrons. The highest BCUT2D eigenvalue weighted by atomic mass is 16.4. The van der Waals surface area contributed by atoms with Crippen molar-refractivity contribution in [3.63, 3.8) is 0 Å². The fourth-order valence-electron chi connectivity index (χ4n) is 1.12. The summed E-state index contributed by atoms with van der Waals surface area (Å²) < 4.78 is 0. The highest BCUT2D eigenvalue weighted by Gasteiger charge is 2.40. The van der Waals surface area contributed by atoms with E-state index in [0.29, 0.717) is 0 Å². The van der Waals surface area contributed by atoms with Gasteiger partial charge in [0.15, 0.2) is 5.60 Å². The van der Waals surface area contributed by atoms with Gasteiger partial charge < -0.3 is 36.4 Å². The first-order chi connectivity index (χ1) is 10.3. The molecule has 1 atom stereocenters. The van der Waals surface area contributed by atoms with Gasteiger partial charge in [-0.05, 0) is 6.42 Å². The van der Waals surface area contributed by atoms with Crippen LogP contribution in [0.4, 0.5) is 0 Å². The first-order valence-corrected chi connectivity index (χ1v) is 5.91. The van der Waals surface area contributed by atoms with E-state index in [4.69, 9.17) is 36.4 Å². The van der Waals surface area contributed by atoms with E-state index in [1.54, 1.807) is 0 Å². The average Bonchev–Trinajstić information content (AvgIpc) is 2.34. The van der Waals surface area contributed by atoms with Gasteiger partial charge in [-0.25, -0.2) is 4.79 Å². The lowest BCUT2D eigenvalue weighted by molar-refractivity contribution is -0.170. The predicted molar refractivity (Wildman–Crippen MR) is 69.6 cm³/mol. The van der Waals surface area contributed by atoms with Crippen molar-refractivity contribution in [2.45, 2.75) is 37.3 Å². The molecular weight excluding hydrogens is 322 g/mol. The second-order valence-corrected chi connectivity index (χ2v) is 4.35. The van der Waals surface area contributed by atoms with E-state index >= 15 is 0 Å². The molecule has 0 aliphatic rings. The van der Waals surface area contributed by atoms with Crippen molar-refractivity contribution >= 4 is 29.8 Å². The fraction of sp³-hybridized carbons (Fsp3) is 0.545. The molecule has 0 rings (SSSR count). The van der Waals surface area contributed by atoms with Gasteiger partial charge in [-0.1, -0.05) is 0 Å². The van der Waals surface area contributed by atoms with Gasteiger partial charge in [-0.15, -0.1) is 0 Å². The second kappa shape index (κ2) is 10.1. The van der Waals surface area contributed by atoms with Crippen LogP contribution < -0.4 is 5.73 Å². The van der Waals surface area contributed by atoms with Crippen molar-refractivity contribution in [3.8, 4) is 0 Å². The monoisotopic (exact) mass is 339 g/mol. The van der Waals surface area contributed by atoms with Gasteiger partial charge in [0.25, 0.3) is 0 Å². The van der Waals surface area contributed by atoms with Crippen LogP contribution >= 0.6 is 0 Å². The zero-order chi connectivity index (χ0) is 18.8. The molecule has 1 unspecified atom stereocenters. The Hall–Kier alpha value is -2.73. The first-order valence-electron chi connectivity index (χ1n) is 5.91. The molecule has 8 N–H and O–H groups in total. The molecule has 0 fully saturated rings.